The molecule has 2 amide bonds. The van der Waals surface area contributed by atoms with E-state index < -0.39 is 5.91 Å². The molecule has 2 rings (SSSR count). The molecule has 1 aliphatic rings. The maximum Gasteiger partial charge on any atom is 0.274 e. The predicted molar refractivity (Wildman–Crippen MR) is 76.1 cm³/mol. The van der Waals surface area contributed by atoms with Crippen molar-refractivity contribution in [2.45, 2.75) is 38.3 Å². The van der Waals surface area contributed by atoms with Crippen LogP contribution in [0, 0.1) is 0 Å². The van der Waals surface area contributed by atoms with Gasteiger partial charge in [0.2, 0.25) is 5.91 Å². The highest BCUT2D eigenvalue weighted by Gasteiger charge is 2.28. The highest BCUT2D eigenvalue weighted by atomic mass is 16.2. The van der Waals surface area contributed by atoms with E-state index in [1.807, 2.05) is 0 Å². The highest BCUT2D eigenvalue weighted by molar-refractivity contribution is 6.04. The number of hydrogen-bond donors (Lipinski definition) is 3. The number of carbonyl (C=O) groups is 2. The Morgan fingerprint density at radius 1 is 1.50 bits per heavy atom. The third-order valence-corrected chi connectivity index (χ3v) is 3.89. The average molecular weight is 278 g/mol. The summed E-state index contributed by atoms with van der Waals surface area (Å²) in [7, 11) is 0. The van der Waals surface area contributed by atoms with Gasteiger partial charge in [-0.2, -0.15) is 0 Å². The summed E-state index contributed by atoms with van der Waals surface area (Å²) in [6.45, 7) is 2.86. The van der Waals surface area contributed by atoms with Crippen LogP contribution >= 0.6 is 0 Å². The number of aromatic amines is 1. The first-order valence-electron chi connectivity index (χ1n) is 7.05. The van der Waals surface area contributed by atoms with E-state index in [1.54, 1.807) is 18.3 Å². The Morgan fingerprint density at radius 3 is 2.95 bits per heavy atom. The van der Waals surface area contributed by atoms with E-state index in [0.29, 0.717) is 18.3 Å². The molecule has 20 heavy (non-hydrogen) atoms. The van der Waals surface area contributed by atoms with E-state index in [-0.39, 0.29) is 18.5 Å². The smallest absolute Gasteiger partial charge is 0.274 e. The fraction of sp³-hybridized carbons (Fsp3) is 0.571. The molecule has 6 nitrogen and oxygen atoms in total. The van der Waals surface area contributed by atoms with Gasteiger partial charge in [-0.1, -0.05) is 6.42 Å². The Balaban J connectivity index is 1.91. The number of rotatable bonds is 4. The van der Waals surface area contributed by atoms with Gasteiger partial charge in [0.15, 0.2) is 0 Å². The molecule has 1 saturated heterocycles. The van der Waals surface area contributed by atoms with Crippen molar-refractivity contribution in [1.82, 2.24) is 15.2 Å². The quantitative estimate of drug-likeness (QED) is 0.747. The van der Waals surface area contributed by atoms with Crippen LogP contribution in [-0.4, -0.2) is 46.9 Å². The number of hydrogen-bond acceptors (Lipinski definition) is 4. The number of piperidine rings is 1. The number of likely N-dealkylation sites (tertiary alicyclic amines) is 1. The van der Waals surface area contributed by atoms with Crippen LogP contribution in [0.2, 0.25) is 0 Å². The first-order valence-corrected chi connectivity index (χ1v) is 7.05. The molecular formula is C14H22N4O2. The molecule has 0 bridgehead atoms. The van der Waals surface area contributed by atoms with E-state index in [0.717, 1.165) is 19.3 Å². The molecule has 2 atom stereocenters. The Labute approximate surface area is 118 Å². The molecular weight excluding hydrogens is 256 g/mol. The lowest BCUT2D eigenvalue weighted by molar-refractivity contribution is -0.122. The largest absolute Gasteiger partial charge is 0.357 e. The van der Waals surface area contributed by atoms with Crippen LogP contribution in [0.4, 0.5) is 0 Å². The van der Waals surface area contributed by atoms with Gasteiger partial charge in [0.25, 0.3) is 5.91 Å². The third kappa shape index (κ3) is 3.46. The predicted octanol–water partition coefficient (Wildman–Crippen LogP) is 0.473. The summed E-state index contributed by atoms with van der Waals surface area (Å²) in [5.41, 5.74) is 6.15. The van der Waals surface area contributed by atoms with Crippen molar-refractivity contribution in [3.63, 3.8) is 0 Å². The summed E-state index contributed by atoms with van der Waals surface area (Å²) in [6.07, 6.45) is 4.87. The number of amides is 2. The molecule has 1 aliphatic heterocycles. The first-order chi connectivity index (χ1) is 9.61. The number of carbonyl (C=O) groups excluding carboxylic acids is 2. The van der Waals surface area contributed by atoms with Crippen LogP contribution < -0.4 is 11.1 Å². The van der Waals surface area contributed by atoms with Crippen LogP contribution in [-0.2, 0) is 4.79 Å². The van der Waals surface area contributed by atoms with Gasteiger partial charge in [0.05, 0.1) is 6.54 Å². The number of aromatic nitrogens is 1. The second-order valence-corrected chi connectivity index (χ2v) is 5.30. The van der Waals surface area contributed by atoms with Crippen molar-refractivity contribution < 1.29 is 9.59 Å². The van der Waals surface area contributed by atoms with Crippen molar-refractivity contribution in [3.05, 3.63) is 24.0 Å². The van der Waals surface area contributed by atoms with Crippen molar-refractivity contribution >= 4 is 11.8 Å². The number of nitrogens with zero attached hydrogens (tertiary/aromatic N) is 1. The number of nitrogens with one attached hydrogen (secondary N) is 2. The van der Waals surface area contributed by atoms with Gasteiger partial charge in [0, 0.05) is 24.8 Å². The maximum atomic E-state index is 12.0. The van der Waals surface area contributed by atoms with Gasteiger partial charge < -0.3 is 10.7 Å². The standard InChI is InChI=1S/C14H22N4O2/c1-10-4-2-5-11(8-15)18(10)9-13(19)17-14(20)12-6-3-7-16-12/h3,6-7,10-11,16H,2,4-5,8-9,15H2,1H3,(H,17,19,20). The Morgan fingerprint density at radius 2 is 2.30 bits per heavy atom. The van der Waals surface area contributed by atoms with Gasteiger partial charge in [-0.3, -0.25) is 19.8 Å². The first kappa shape index (κ1) is 14.7. The van der Waals surface area contributed by atoms with Crippen LogP contribution in [0.1, 0.15) is 36.7 Å². The Bertz CT molecular complexity index is 458. The molecule has 0 saturated carbocycles. The second kappa shape index (κ2) is 6.67. The van der Waals surface area contributed by atoms with E-state index >= 15 is 0 Å². The van der Waals surface area contributed by atoms with Crippen molar-refractivity contribution in [1.29, 1.82) is 0 Å². The number of H-pyrrole nitrogens is 1. The summed E-state index contributed by atoms with van der Waals surface area (Å²) in [5.74, 6) is -0.675. The zero-order chi connectivity index (χ0) is 14.5. The van der Waals surface area contributed by atoms with E-state index in [2.05, 4.69) is 22.1 Å². The van der Waals surface area contributed by atoms with Crippen LogP contribution in [0.3, 0.4) is 0 Å². The summed E-state index contributed by atoms with van der Waals surface area (Å²) in [6, 6.07) is 3.90. The molecule has 0 spiro atoms. The summed E-state index contributed by atoms with van der Waals surface area (Å²) in [4.78, 5) is 28.7. The minimum Gasteiger partial charge on any atom is -0.357 e. The molecule has 4 N–H and O–H groups in total. The molecule has 0 aliphatic carbocycles. The number of nitrogens with two attached hydrogens (primary N) is 1. The van der Waals surface area contributed by atoms with Gasteiger partial charge in [-0.05, 0) is 31.9 Å². The van der Waals surface area contributed by atoms with Crippen molar-refractivity contribution in [3.8, 4) is 0 Å². The highest BCUT2D eigenvalue weighted by Crippen LogP contribution is 2.21. The summed E-state index contributed by atoms with van der Waals surface area (Å²) >= 11 is 0. The third-order valence-electron chi connectivity index (χ3n) is 3.89. The minimum absolute atomic E-state index is 0.218. The average Bonchev–Trinajstić information content (AvgIpc) is 2.95. The summed E-state index contributed by atoms with van der Waals surface area (Å²) < 4.78 is 0. The van der Waals surface area contributed by atoms with E-state index in [4.69, 9.17) is 5.73 Å². The lowest BCUT2D eigenvalue weighted by atomic mass is 9.96. The normalized spacial score (nSPS) is 23.5. The van der Waals surface area contributed by atoms with E-state index in [9.17, 15) is 9.59 Å². The van der Waals surface area contributed by atoms with Gasteiger partial charge >= 0.3 is 0 Å². The molecule has 2 heterocycles. The van der Waals surface area contributed by atoms with E-state index in [1.165, 1.54) is 0 Å². The lowest BCUT2D eigenvalue weighted by Crippen LogP contribution is -2.53. The monoisotopic (exact) mass is 278 g/mol. The molecule has 1 aromatic rings. The summed E-state index contributed by atoms with van der Waals surface area (Å²) in [5, 5.41) is 2.40. The van der Waals surface area contributed by atoms with Crippen LogP contribution in [0.15, 0.2) is 18.3 Å². The lowest BCUT2D eigenvalue weighted by Gasteiger charge is -2.39. The molecule has 0 radical (unpaired) electrons. The zero-order valence-electron chi connectivity index (χ0n) is 11.8. The number of imide groups is 1. The zero-order valence-corrected chi connectivity index (χ0v) is 11.8. The van der Waals surface area contributed by atoms with Gasteiger partial charge in [-0.25, -0.2) is 0 Å². The molecule has 0 aromatic carbocycles. The maximum absolute atomic E-state index is 12.0. The molecule has 6 heteroatoms. The van der Waals surface area contributed by atoms with Crippen LogP contribution in [0.25, 0.3) is 0 Å². The molecule has 1 aromatic heterocycles. The van der Waals surface area contributed by atoms with Crippen molar-refractivity contribution in [2.24, 2.45) is 5.73 Å². The molecule has 110 valence electrons. The molecule has 2 unspecified atom stereocenters. The van der Waals surface area contributed by atoms with Crippen LogP contribution in [0.5, 0.6) is 0 Å². The second-order valence-electron chi connectivity index (χ2n) is 5.30. The van der Waals surface area contributed by atoms with Gasteiger partial charge in [-0.15, -0.1) is 0 Å². The minimum atomic E-state index is -0.394. The fourth-order valence-electron chi connectivity index (χ4n) is 2.75. The fourth-order valence-corrected chi connectivity index (χ4v) is 2.75. The SMILES string of the molecule is CC1CCCC(CN)N1CC(=O)NC(=O)c1ccc[nH]1. The van der Waals surface area contributed by atoms with Gasteiger partial charge in [0.1, 0.15) is 5.69 Å². The van der Waals surface area contributed by atoms with Crippen molar-refractivity contribution in [2.75, 3.05) is 13.1 Å². The Kier molecular flexibility index (Phi) is 4.92. The molecule has 1 fully saturated rings. The topological polar surface area (TPSA) is 91.2 Å². The Hall–Kier alpha value is -1.66.